The lowest BCUT2D eigenvalue weighted by molar-refractivity contribution is 0.198. The molecule has 13 heavy (non-hydrogen) atoms. The summed E-state index contributed by atoms with van der Waals surface area (Å²) in [4.78, 5) is 0. The molecule has 70 valence electrons. The molecule has 2 rings (SSSR count). The molecule has 0 radical (unpaired) electrons. The molecule has 1 aromatic carbocycles. The van der Waals surface area contributed by atoms with Gasteiger partial charge < -0.3 is 10.4 Å². The van der Waals surface area contributed by atoms with Crippen molar-refractivity contribution < 1.29 is 5.11 Å². The van der Waals surface area contributed by atoms with Crippen molar-refractivity contribution in [1.29, 1.82) is 0 Å². The van der Waals surface area contributed by atoms with E-state index in [1.807, 2.05) is 19.1 Å². The van der Waals surface area contributed by atoms with E-state index < -0.39 is 0 Å². The summed E-state index contributed by atoms with van der Waals surface area (Å²) in [5.74, 6) is 0. The van der Waals surface area contributed by atoms with Gasteiger partial charge in [-0.1, -0.05) is 12.1 Å². The number of hydrogen-bond acceptors (Lipinski definition) is 2. The number of rotatable bonds is 1. The van der Waals surface area contributed by atoms with Crippen molar-refractivity contribution in [3.8, 4) is 0 Å². The Labute approximate surface area is 78.6 Å². The first kappa shape index (κ1) is 8.57. The van der Waals surface area contributed by atoms with E-state index in [2.05, 4.69) is 11.4 Å². The van der Waals surface area contributed by atoms with Crippen molar-refractivity contribution in [3.05, 3.63) is 29.3 Å². The molecule has 0 fully saturated rings. The molecule has 0 spiro atoms. The van der Waals surface area contributed by atoms with Gasteiger partial charge in [0.2, 0.25) is 0 Å². The van der Waals surface area contributed by atoms with Crippen LogP contribution in [0.2, 0.25) is 0 Å². The molecule has 0 amide bonds. The Morgan fingerprint density at radius 1 is 1.46 bits per heavy atom. The van der Waals surface area contributed by atoms with E-state index in [0.717, 1.165) is 24.9 Å². The standard InChI is InChI=1S/C11H15NO/c1-8(13)9-4-2-6-11-10(9)5-3-7-12-11/h2,4,6,8,12-13H,3,5,7H2,1H3/t8-/m0/s1. The fraction of sp³-hybridized carbons (Fsp3) is 0.455. The highest BCUT2D eigenvalue weighted by atomic mass is 16.3. The third kappa shape index (κ3) is 1.54. The van der Waals surface area contributed by atoms with Gasteiger partial charge >= 0.3 is 0 Å². The van der Waals surface area contributed by atoms with Crippen molar-refractivity contribution in [2.24, 2.45) is 0 Å². The third-order valence-corrected chi connectivity index (χ3v) is 2.58. The average molecular weight is 177 g/mol. The molecule has 2 heteroatoms. The SMILES string of the molecule is C[C@H](O)c1cccc2c1CCCN2. The summed E-state index contributed by atoms with van der Waals surface area (Å²) in [5.41, 5.74) is 3.57. The maximum absolute atomic E-state index is 9.55. The smallest absolute Gasteiger partial charge is 0.0765 e. The number of aliphatic hydroxyl groups is 1. The topological polar surface area (TPSA) is 32.3 Å². The Morgan fingerprint density at radius 3 is 3.08 bits per heavy atom. The Morgan fingerprint density at radius 2 is 2.31 bits per heavy atom. The zero-order valence-electron chi connectivity index (χ0n) is 7.88. The van der Waals surface area contributed by atoms with Gasteiger partial charge in [0.05, 0.1) is 6.10 Å². The molecule has 0 unspecified atom stereocenters. The zero-order valence-corrected chi connectivity index (χ0v) is 7.88. The van der Waals surface area contributed by atoms with Crippen molar-refractivity contribution in [3.63, 3.8) is 0 Å². The molecular weight excluding hydrogens is 162 g/mol. The Kier molecular flexibility index (Phi) is 2.23. The number of hydrogen-bond donors (Lipinski definition) is 2. The first-order valence-corrected chi connectivity index (χ1v) is 4.83. The minimum atomic E-state index is -0.352. The number of nitrogens with one attached hydrogen (secondary N) is 1. The maximum atomic E-state index is 9.55. The van der Waals surface area contributed by atoms with Crippen molar-refractivity contribution in [1.82, 2.24) is 0 Å². The van der Waals surface area contributed by atoms with Crippen molar-refractivity contribution >= 4 is 5.69 Å². The van der Waals surface area contributed by atoms with Crippen molar-refractivity contribution in [2.75, 3.05) is 11.9 Å². The third-order valence-electron chi connectivity index (χ3n) is 2.58. The number of benzene rings is 1. The van der Waals surface area contributed by atoms with Gasteiger partial charge in [0.1, 0.15) is 0 Å². The van der Waals surface area contributed by atoms with Crippen LogP contribution in [-0.2, 0) is 6.42 Å². The Hall–Kier alpha value is -1.02. The van der Waals surface area contributed by atoms with Crippen LogP contribution in [0.25, 0.3) is 0 Å². The van der Waals surface area contributed by atoms with Gasteiger partial charge in [0.25, 0.3) is 0 Å². The highest BCUT2D eigenvalue weighted by Crippen LogP contribution is 2.28. The quantitative estimate of drug-likeness (QED) is 0.688. The maximum Gasteiger partial charge on any atom is 0.0765 e. The fourth-order valence-electron chi connectivity index (χ4n) is 1.93. The average Bonchev–Trinajstić information content (AvgIpc) is 2.17. The zero-order chi connectivity index (χ0) is 9.26. The van der Waals surface area contributed by atoms with Gasteiger partial charge in [0.15, 0.2) is 0 Å². The second-order valence-electron chi connectivity index (χ2n) is 3.58. The summed E-state index contributed by atoms with van der Waals surface area (Å²) in [6.07, 6.45) is 1.90. The number of aliphatic hydroxyl groups excluding tert-OH is 1. The predicted octanol–water partition coefficient (Wildman–Crippen LogP) is 2.10. The first-order chi connectivity index (χ1) is 6.29. The molecule has 1 aliphatic rings. The van der Waals surface area contributed by atoms with Gasteiger partial charge in [-0.2, -0.15) is 0 Å². The number of anilines is 1. The second-order valence-corrected chi connectivity index (χ2v) is 3.58. The molecule has 1 aliphatic heterocycles. The van der Waals surface area contributed by atoms with E-state index in [0.29, 0.717) is 0 Å². The number of fused-ring (bicyclic) bond motifs is 1. The lowest BCUT2D eigenvalue weighted by Gasteiger charge is -2.21. The van der Waals surface area contributed by atoms with E-state index in [1.165, 1.54) is 11.3 Å². The normalized spacial score (nSPS) is 17.4. The van der Waals surface area contributed by atoms with E-state index in [-0.39, 0.29) is 6.10 Å². The van der Waals surface area contributed by atoms with Crippen LogP contribution < -0.4 is 5.32 Å². The molecule has 0 aliphatic carbocycles. The molecule has 0 aromatic heterocycles. The molecular formula is C11H15NO. The van der Waals surface area contributed by atoms with Crippen LogP contribution >= 0.6 is 0 Å². The van der Waals surface area contributed by atoms with Crippen LogP contribution in [0, 0.1) is 0 Å². The van der Waals surface area contributed by atoms with Gasteiger partial charge in [-0.3, -0.25) is 0 Å². The predicted molar refractivity (Wildman–Crippen MR) is 53.9 cm³/mol. The Balaban J connectivity index is 2.46. The highest BCUT2D eigenvalue weighted by Gasteiger charge is 2.14. The largest absolute Gasteiger partial charge is 0.389 e. The summed E-state index contributed by atoms with van der Waals surface area (Å²) in [6, 6.07) is 6.09. The molecule has 0 saturated heterocycles. The van der Waals surface area contributed by atoms with E-state index in [4.69, 9.17) is 0 Å². The lowest BCUT2D eigenvalue weighted by Crippen LogP contribution is -2.14. The van der Waals surface area contributed by atoms with Crippen LogP contribution in [0.15, 0.2) is 18.2 Å². The summed E-state index contributed by atoms with van der Waals surface area (Å²) in [5, 5.41) is 12.9. The fourth-order valence-corrected chi connectivity index (χ4v) is 1.93. The summed E-state index contributed by atoms with van der Waals surface area (Å²) < 4.78 is 0. The van der Waals surface area contributed by atoms with Gasteiger partial charge in [-0.15, -0.1) is 0 Å². The molecule has 1 atom stereocenters. The van der Waals surface area contributed by atoms with Crippen LogP contribution in [-0.4, -0.2) is 11.7 Å². The monoisotopic (exact) mass is 177 g/mol. The second kappa shape index (κ2) is 3.38. The molecule has 1 aromatic rings. The first-order valence-electron chi connectivity index (χ1n) is 4.83. The minimum absolute atomic E-state index is 0.352. The molecule has 2 N–H and O–H groups in total. The highest BCUT2D eigenvalue weighted by molar-refractivity contribution is 5.56. The van der Waals surface area contributed by atoms with E-state index in [1.54, 1.807) is 0 Å². The summed E-state index contributed by atoms with van der Waals surface area (Å²) >= 11 is 0. The van der Waals surface area contributed by atoms with Gasteiger partial charge in [-0.25, -0.2) is 0 Å². The van der Waals surface area contributed by atoms with Crippen LogP contribution in [0.4, 0.5) is 5.69 Å². The molecule has 0 bridgehead atoms. The van der Waals surface area contributed by atoms with Crippen molar-refractivity contribution in [2.45, 2.75) is 25.9 Å². The van der Waals surface area contributed by atoms with Gasteiger partial charge in [0, 0.05) is 12.2 Å². The van der Waals surface area contributed by atoms with Crippen LogP contribution in [0.1, 0.15) is 30.6 Å². The lowest BCUT2D eigenvalue weighted by atomic mass is 9.95. The Bertz CT molecular complexity index is 307. The molecule has 0 saturated carbocycles. The summed E-state index contributed by atoms with van der Waals surface area (Å²) in [6.45, 7) is 2.88. The van der Waals surface area contributed by atoms with Crippen LogP contribution in [0.5, 0.6) is 0 Å². The van der Waals surface area contributed by atoms with Gasteiger partial charge in [-0.05, 0) is 37.0 Å². The molecule has 2 nitrogen and oxygen atoms in total. The summed E-state index contributed by atoms with van der Waals surface area (Å²) in [7, 11) is 0. The van der Waals surface area contributed by atoms with E-state index in [9.17, 15) is 5.11 Å². The van der Waals surface area contributed by atoms with Crippen LogP contribution in [0.3, 0.4) is 0 Å². The van der Waals surface area contributed by atoms with E-state index >= 15 is 0 Å². The minimum Gasteiger partial charge on any atom is -0.389 e. The molecule has 1 heterocycles.